The highest BCUT2D eigenvalue weighted by atomic mass is 15.0. The van der Waals surface area contributed by atoms with Gasteiger partial charge in [0.2, 0.25) is 0 Å². The lowest BCUT2D eigenvalue weighted by Gasteiger charge is -2.23. The lowest BCUT2D eigenvalue weighted by Crippen LogP contribution is -2.17. The van der Waals surface area contributed by atoms with Crippen molar-refractivity contribution in [1.29, 1.82) is 0 Å². The molecule has 0 spiro atoms. The molecule has 2 aliphatic rings. The van der Waals surface area contributed by atoms with Gasteiger partial charge >= 0.3 is 0 Å². The Balaban J connectivity index is 1.70. The molecular formula is C19H21N. The van der Waals surface area contributed by atoms with Crippen LogP contribution in [0.1, 0.15) is 53.8 Å². The molecule has 1 saturated carbocycles. The molecule has 20 heavy (non-hydrogen) atoms. The van der Waals surface area contributed by atoms with Crippen LogP contribution in [0, 0.1) is 0 Å². The quantitative estimate of drug-likeness (QED) is 0.866. The first kappa shape index (κ1) is 12.2. The third-order valence-corrected chi connectivity index (χ3v) is 4.79. The van der Waals surface area contributed by atoms with E-state index in [4.69, 9.17) is 0 Å². The molecule has 2 unspecified atom stereocenters. The van der Waals surface area contributed by atoms with Gasteiger partial charge in [0.1, 0.15) is 0 Å². The van der Waals surface area contributed by atoms with Crippen LogP contribution in [0.25, 0.3) is 0 Å². The summed E-state index contributed by atoms with van der Waals surface area (Å²) in [4.78, 5) is 0. The van der Waals surface area contributed by atoms with Gasteiger partial charge in [0, 0.05) is 12.0 Å². The summed E-state index contributed by atoms with van der Waals surface area (Å²) in [6, 6.07) is 20.5. The lowest BCUT2D eigenvalue weighted by molar-refractivity contribution is 0.574. The van der Waals surface area contributed by atoms with E-state index in [1.165, 1.54) is 24.8 Å². The van der Waals surface area contributed by atoms with Crippen LogP contribution in [-0.2, 0) is 0 Å². The van der Waals surface area contributed by atoms with Crippen LogP contribution in [0.2, 0.25) is 0 Å². The lowest BCUT2D eigenvalue weighted by atomic mass is 9.84. The molecule has 0 amide bonds. The Kier molecular flexibility index (Phi) is 3.08. The van der Waals surface area contributed by atoms with Gasteiger partial charge in [0.05, 0.1) is 0 Å². The maximum atomic E-state index is 3.71. The van der Waals surface area contributed by atoms with Crippen molar-refractivity contribution in [1.82, 2.24) is 5.32 Å². The molecule has 2 aromatic rings. The van der Waals surface area contributed by atoms with E-state index in [9.17, 15) is 0 Å². The summed E-state index contributed by atoms with van der Waals surface area (Å²) in [6.45, 7) is 1.13. The van der Waals surface area contributed by atoms with Crippen LogP contribution in [0.3, 0.4) is 0 Å². The standard InChI is InChI=1S/C19H21N/c1-2-6-15(7-3-1)19-18(12-13-20-19)17-9-5-4-8-16(17)14-10-11-14/h1-9,14,18-20H,10-13H2. The Labute approximate surface area is 121 Å². The van der Waals surface area contributed by atoms with Gasteiger partial charge in [-0.05, 0) is 48.4 Å². The molecule has 102 valence electrons. The summed E-state index contributed by atoms with van der Waals surface area (Å²) < 4.78 is 0. The number of hydrogen-bond donors (Lipinski definition) is 1. The van der Waals surface area contributed by atoms with Gasteiger partial charge in [-0.15, -0.1) is 0 Å². The third kappa shape index (κ3) is 2.16. The predicted octanol–water partition coefficient (Wildman–Crippen LogP) is 4.38. The average molecular weight is 263 g/mol. The number of rotatable bonds is 3. The molecule has 2 aromatic carbocycles. The summed E-state index contributed by atoms with van der Waals surface area (Å²) in [7, 11) is 0. The van der Waals surface area contributed by atoms with E-state index in [1.807, 2.05) is 0 Å². The van der Waals surface area contributed by atoms with Crippen LogP contribution >= 0.6 is 0 Å². The molecule has 2 atom stereocenters. The molecule has 1 saturated heterocycles. The molecule has 1 aliphatic heterocycles. The molecule has 0 bridgehead atoms. The van der Waals surface area contributed by atoms with Crippen LogP contribution in [-0.4, -0.2) is 6.54 Å². The van der Waals surface area contributed by atoms with E-state index in [2.05, 4.69) is 59.9 Å². The first-order chi connectivity index (χ1) is 9.93. The van der Waals surface area contributed by atoms with Crippen LogP contribution in [0.5, 0.6) is 0 Å². The van der Waals surface area contributed by atoms with E-state index < -0.39 is 0 Å². The van der Waals surface area contributed by atoms with Gasteiger partial charge in [-0.2, -0.15) is 0 Å². The van der Waals surface area contributed by atoms with Crippen molar-refractivity contribution < 1.29 is 0 Å². The van der Waals surface area contributed by atoms with Crippen molar-refractivity contribution in [3.63, 3.8) is 0 Å². The minimum Gasteiger partial charge on any atom is -0.309 e. The summed E-state index contributed by atoms with van der Waals surface area (Å²) in [5, 5.41) is 3.71. The fraction of sp³-hybridized carbons (Fsp3) is 0.368. The zero-order valence-corrected chi connectivity index (χ0v) is 11.8. The maximum Gasteiger partial charge on any atom is 0.0390 e. The van der Waals surface area contributed by atoms with Crippen molar-refractivity contribution in [3.05, 3.63) is 71.3 Å². The van der Waals surface area contributed by atoms with Crippen LogP contribution in [0.4, 0.5) is 0 Å². The Morgan fingerprint density at radius 2 is 1.45 bits per heavy atom. The van der Waals surface area contributed by atoms with E-state index in [-0.39, 0.29) is 0 Å². The van der Waals surface area contributed by atoms with Gasteiger partial charge in [-0.25, -0.2) is 0 Å². The molecule has 4 rings (SSSR count). The van der Waals surface area contributed by atoms with Gasteiger partial charge in [0.25, 0.3) is 0 Å². The minimum absolute atomic E-state index is 0.482. The second kappa shape index (κ2) is 5.06. The van der Waals surface area contributed by atoms with Crippen molar-refractivity contribution >= 4 is 0 Å². The summed E-state index contributed by atoms with van der Waals surface area (Å²) in [5.41, 5.74) is 4.64. The maximum absolute atomic E-state index is 3.71. The average Bonchev–Trinajstić information content (AvgIpc) is 3.25. The smallest absolute Gasteiger partial charge is 0.0390 e. The Bertz CT molecular complexity index is 586. The van der Waals surface area contributed by atoms with E-state index in [1.54, 1.807) is 11.1 Å². The fourth-order valence-corrected chi connectivity index (χ4v) is 3.66. The van der Waals surface area contributed by atoms with E-state index >= 15 is 0 Å². The highest BCUT2D eigenvalue weighted by molar-refractivity contribution is 5.39. The van der Waals surface area contributed by atoms with Crippen molar-refractivity contribution in [2.75, 3.05) is 6.54 Å². The Hall–Kier alpha value is -1.60. The second-order valence-electron chi connectivity index (χ2n) is 6.14. The zero-order valence-electron chi connectivity index (χ0n) is 11.8. The topological polar surface area (TPSA) is 12.0 Å². The van der Waals surface area contributed by atoms with Crippen molar-refractivity contribution in [2.24, 2.45) is 0 Å². The molecular weight excluding hydrogens is 242 g/mol. The second-order valence-corrected chi connectivity index (χ2v) is 6.14. The highest BCUT2D eigenvalue weighted by Crippen LogP contribution is 2.47. The van der Waals surface area contributed by atoms with Gasteiger partial charge in [0.15, 0.2) is 0 Å². The molecule has 1 N–H and O–H groups in total. The summed E-state index contributed by atoms with van der Waals surface area (Å²) >= 11 is 0. The Morgan fingerprint density at radius 3 is 2.20 bits per heavy atom. The van der Waals surface area contributed by atoms with Crippen LogP contribution in [0.15, 0.2) is 54.6 Å². The van der Waals surface area contributed by atoms with Gasteiger partial charge < -0.3 is 5.32 Å². The first-order valence-electron chi connectivity index (χ1n) is 7.80. The molecule has 1 heteroatoms. The summed E-state index contributed by atoms with van der Waals surface area (Å²) in [6.07, 6.45) is 4.02. The molecule has 2 fully saturated rings. The Morgan fingerprint density at radius 1 is 0.750 bits per heavy atom. The largest absolute Gasteiger partial charge is 0.309 e. The molecule has 1 heterocycles. The monoisotopic (exact) mass is 263 g/mol. The molecule has 0 radical (unpaired) electrons. The fourth-order valence-electron chi connectivity index (χ4n) is 3.66. The van der Waals surface area contributed by atoms with E-state index in [0.29, 0.717) is 12.0 Å². The highest BCUT2D eigenvalue weighted by Gasteiger charge is 2.34. The van der Waals surface area contributed by atoms with Gasteiger partial charge in [-0.1, -0.05) is 54.6 Å². The zero-order chi connectivity index (χ0) is 13.4. The van der Waals surface area contributed by atoms with E-state index in [0.717, 1.165) is 12.5 Å². The SMILES string of the molecule is c1ccc(C2NCCC2c2ccccc2C2CC2)cc1. The number of benzene rings is 2. The van der Waals surface area contributed by atoms with Crippen LogP contribution < -0.4 is 5.32 Å². The number of nitrogens with one attached hydrogen (secondary N) is 1. The first-order valence-corrected chi connectivity index (χ1v) is 7.80. The predicted molar refractivity (Wildman–Crippen MR) is 83.0 cm³/mol. The third-order valence-electron chi connectivity index (χ3n) is 4.79. The van der Waals surface area contributed by atoms with Crippen molar-refractivity contribution in [2.45, 2.75) is 37.1 Å². The normalized spacial score (nSPS) is 25.8. The molecule has 1 nitrogen and oxygen atoms in total. The minimum atomic E-state index is 0.482. The van der Waals surface area contributed by atoms with Crippen molar-refractivity contribution in [3.8, 4) is 0 Å². The number of hydrogen-bond acceptors (Lipinski definition) is 1. The van der Waals surface area contributed by atoms with Gasteiger partial charge in [-0.3, -0.25) is 0 Å². The molecule has 1 aliphatic carbocycles. The molecule has 0 aromatic heterocycles. The summed E-state index contributed by atoms with van der Waals surface area (Å²) in [5.74, 6) is 1.47.